The lowest BCUT2D eigenvalue weighted by Gasteiger charge is -2.27. The van der Waals surface area contributed by atoms with Gasteiger partial charge >= 0.3 is 12.1 Å². The zero-order valence-corrected chi connectivity index (χ0v) is 7.82. The van der Waals surface area contributed by atoms with Crippen LogP contribution in [0, 0.1) is 0 Å². The van der Waals surface area contributed by atoms with Crippen LogP contribution in [0.5, 0.6) is 5.75 Å². The average molecular weight is 235 g/mol. The normalized spacial score (nSPS) is 15.5. The molecule has 7 heteroatoms. The van der Waals surface area contributed by atoms with Crippen molar-refractivity contribution in [2.24, 2.45) is 5.73 Å². The van der Waals surface area contributed by atoms with Crippen LogP contribution in [0.25, 0.3) is 0 Å². The van der Waals surface area contributed by atoms with Crippen molar-refractivity contribution in [3.05, 3.63) is 29.8 Å². The minimum absolute atomic E-state index is 0.488. The standard InChI is InChI=1S/C9H8F3NO3/c10-9(11,12)8(13,7(15)16)5-2-1-3-6(14)4-5/h1-4,14H,13H2,(H,15,16)/t8-/m1/s1. The number of phenols is 1. The Balaban J connectivity index is 3.39. The second-order valence-electron chi connectivity index (χ2n) is 3.16. The maximum Gasteiger partial charge on any atom is 0.421 e. The van der Waals surface area contributed by atoms with Gasteiger partial charge in [-0.2, -0.15) is 13.2 Å². The van der Waals surface area contributed by atoms with E-state index in [9.17, 15) is 18.0 Å². The van der Waals surface area contributed by atoms with Crippen LogP contribution in [0.15, 0.2) is 24.3 Å². The number of halogens is 3. The summed E-state index contributed by atoms with van der Waals surface area (Å²) >= 11 is 0. The molecule has 88 valence electrons. The molecule has 4 N–H and O–H groups in total. The van der Waals surface area contributed by atoms with E-state index in [0.717, 1.165) is 18.2 Å². The van der Waals surface area contributed by atoms with E-state index in [4.69, 9.17) is 15.9 Å². The summed E-state index contributed by atoms with van der Waals surface area (Å²) in [5.74, 6) is -2.72. The predicted molar refractivity (Wildman–Crippen MR) is 47.7 cm³/mol. The lowest BCUT2D eigenvalue weighted by molar-refractivity contribution is -0.204. The van der Waals surface area contributed by atoms with Gasteiger partial charge in [-0.05, 0) is 17.7 Å². The lowest BCUT2D eigenvalue weighted by atomic mass is 9.90. The van der Waals surface area contributed by atoms with Crippen LogP contribution in [0.4, 0.5) is 13.2 Å². The van der Waals surface area contributed by atoms with E-state index >= 15 is 0 Å². The number of rotatable bonds is 2. The van der Waals surface area contributed by atoms with Crippen LogP contribution in [0.2, 0.25) is 0 Å². The molecule has 0 heterocycles. The highest BCUT2D eigenvalue weighted by Gasteiger charge is 2.59. The molecule has 0 saturated carbocycles. The van der Waals surface area contributed by atoms with E-state index in [1.807, 2.05) is 0 Å². The number of benzene rings is 1. The molecule has 1 aromatic carbocycles. The summed E-state index contributed by atoms with van der Waals surface area (Å²) in [4.78, 5) is 10.7. The number of carboxylic acids is 1. The fourth-order valence-electron chi connectivity index (χ4n) is 1.16. The zero-order valence-electron chi connectivity index (χ0n) is 7.82. The smallest absolute Gasteiger partial charge is 0.421 e. The molecule has 0 unspecified atom stereocenters. The van der Waals surface area contributed by atoms with Gasteiger partial charge < -0.3 is 15.9 Å². The molecule has 0 bridgehead atoms. The van der Waals surface area contributed by atoms with E-state index < -0.39 is 29.0 Å². The quantitative estimate of drug-likeness (QED) is 0.719. The van der Waals surface area contributed by atoms with Gasteiger partial charge in [-0.15, -0.1) is 0 Å². The number of aromatic hydroxyl groups is 1. The van der Waals surface area contributed by atoms with Gasteiger partial charge in [0.15, 0.2) is 0 Å². The molecular formula is C9H8F3NO3. The number of aliphatic carboxylic acids is 1. The van der Waals surface area contributed by atoms with Crippen LogP contribution in [0.3, 0.4) is 0 Å². The maximum absolute atomic E-state index is 12.6. The molecule has 1 aromatic rings. The second-order valence-corrected chi connectivity index (χ2v) is 3.16. The van der Waals surface area contributed by atoms with Crippen molar-refractivity contribution in [3.8, 4) is 5.75 Å². The number of carbonyl (C=O) groups is 1. The molecule has 0 radical (unpaired) electrons. The third kappa shape index (κ3) is 1.81. The van der Waals surface area contributed by atoms with Crippen molar-refractivity contribution in [2.75, 3.05) is 0 Å². The first kappa shape index (κ1) is 12.3. The van der Waals surface area contributed by atoms with Crippen LogP contribution in [0.1, 0.15) is 5.56 Å². The van der Waals surface area contributed by atoms with Crippen LogP contribution in [-0.2, 0) is 10.3 Å². The van der Waals surface area contributed by atoms with Gasteiger partial charge in [0.2, 0.25) is 5.54 Å². The second kappa shape index (κ2) is 3.67. The zero-order chi connectivity index (χ0) is 12.6. The first-order valence-electron chi connectivity index (χ1n) is 4.08. The maximum atomic E-state index is 12.6. The van der Waals surface area contributed by atoms with Crippen molar-refractivity contribution < 1.29 is 28.2 Å². The first-order chi connectivity index (χ1) is 7.19. The Bertz CT molecular complexity index is 419. The Morgan fingerprint density at radius 2 is 1.88 bits per heavy atom. The van der Waals surface area contributed by atoms with Crippen molar-refractivity contribution in [1.29, 1.82) is 0 Å². The van der Waals surface area contributed by atoms with Gasteiger partial charge in [0.25, 0.3) is 0 Å². The SMILES string of the molecule is N[C@@](C(=O)O)(c1cccc(O)c1)C(F)(F)F. The number of hydrogen-bond donors (Lipinski definition) is 3. The molecule has 0 aromatic heterocycles. The number of hydrogen-bond acceptors (Lipinski definition) is 3. The number of carboxylic acid groups (broad SMARTS) is 1. The van der Waals surface area contributed by atoms with E-state index in [2.05, 4.69) is 0 Å². The molecule has 0 fully saturated rings. The largest absolute Gasteiger partial charge is 0.508 e. The predicted octanol–water partition coefficient (Wildman–Crippen LogP) is 1.19. The molecule has 0 saturated heterocycles. The summed E-state index contributed by atoms with van der Waals surface area (Å²) in [6.07, 6.45) is -5.16. The van der Waals surface area contributed by atoms with Gasteiger partial charge in [0, 0.05) is 0 Å². The molecule has 0 aliphatic rings. The van der Waals surface area contributed by atoms with Gasteiger partial charge in [0.05, 0.1) is 0 Å². The molecule has 4 nitrogen and oxygen atoms in total. The van der Waals surface area contributed by atoms with Crippen LogP contribution in [-0.4, -0.2) is 22.4 Å². The van der Waals surface area contributed by atoms with Crippen molar-refractivity contribution in [2.45, 2.75) is 11.7 Å². The Hall–Kier alpha value is -1.76. The van der Waals surface area contributed by atoms with Gasteiger partial charge in [-0.1, -0.05) is 12.1 Å². The van der Waals surface area contributed by atoms with Crippen molar-refractivity contribution >= 4 is 5.97 Å². The third-order valence-electron chi connectivity index (χ3n) is 2.09. The van der Waals surface area contributed by atoms with Crippen molar-refractivity contribution in [3.63, 3.8) is 0 Å². The van der Waals surface area contributed by atoms with E-state index in [0.29, 0.717) is 6.07 Å². The minimum atomic E-state index is -5.16. The van der Waals surface area contributed by atoms with Gasteiger partial charge in [0.1, 0.15) is 5.75 Å². The average Bonchev–Trinajstić information content (AvgIpc) is 2.14. The Labute approximate surface area is 88.1 Å². The Morgan fingerprint density at radius 3 is 2.25 bits per heavy atom. The van der Waals surface area contributed by atoms with E-state index in [1.165, 1.54) is 0 Å². The summed E-state index contributed by atoms with van der Waals surface area (Å²) in [5.41, 5.74) is 0.621. The molecule has 16 heavy (non-hydrogen) atoms. The summed E-state index contributed by atoms with van der Waals surface area (Å²) in [7, 11) is 0. The Morgan fingerprint density at radius 1 is 1.31 bits per heavy atom. The molecular weight excluding hydrogens is 227 g/mol. The molecule has 1 rings (SSSR count). The first-order valence-corrected chi connectivity index (χ1v) is 4.08. The Kier molecular flexibility index (Phi) is 2.83. The number of nitrogens with two attached hydrogens (primary N) is 1. The molecule has 0 spiro atoms. The summed E-state index contributed by atoms with van der Waals surface area (Å²) in [6.45, 7) is 0. The summed E-state index contributed by atoms with van der Waals surface area (Å²) in [6, 6.07) is 3.76. The highest BCUT2D eigenvalue weighted by molar-refractivity contribution is 5.81. The summed E-state index contributed by atoms with van der Waals surface area (Å²) < 4.78 is 37.8. The molecule has 0 aliphatic carbocycles. The monoisotopic (exact) mass is 235 g/mol. The molecule has 1 atom stereocenters. The van der Waals surface area contributed by atoms with Crippen LogP contribution < -0.4 is 5.73 Å². The number of alkyl halides is 3. The lowest BCUT2D eigenvalue weighted by Crippen LogP contribution is -2.56. The van der Waals surface area contributed by atoms with Gasteiger partial charge in [-0.3, -0.25) is 0 Å². The number of phenolic OH excluding ortho intramolecular Hbond substituents is 1. The van der Waals surface area contributed by atoms with Crippen molar-refractivity contribution in [1.82, 2.24) is 0 Å². The van der Waals surface area contributed by atoms with E-state index in [1.54, 1.807) is 0 Å². The third-order valence-corrected chi connectivity index (χ3v) is 2.09. The highest BCUT2D eigenvalue weighted by Crippen LogP contribution is 2.37. The fourth-order valence-corrected chi connectivity index (χ4v) is 1.16. The highest BCUT2D eigenvalue weighted by atomic mass is 19.4. The minimum Gasteiger partial charge on any atom is -0.508 e. The topological polar surface area (TPSA) is 83.6 Å². The fraction of sp³-hybridized carbons (Fsp3) is 0.222. The van der Waals surface area contributed by atoms with Crippen LogP contribution >= 0.6 is 0 Å². The molecule has 0 amide bonds. The summed E-state index contributed by atoms with van der Waals surface area (Å²) in [5, 5.41) is 17.6. The van der Waals surface area contributed by atoms with Gasteiger partial charge in [-0.25, -0.2) is 4.79 Å². The molecule has 0 aliphatic heterocycles. The van der Waals surface area contributed by atoms with E-state index in [-0.39, 0.29) is 0 Å².